The van der Waals surface area contributed by atoms with Crippen molar-refractivity contribution >= 4 is 10.9 Å². The van der Waals surface area contributed by atoms with E-state index in [9.17, 15) is 20.4 Å². The SMILES string of the molecule is CCOc1ccc(Cn2cc([C@@H]3O[C@H](CO)[C@@H](O)[C@H](O)[C@H]3O)c3cccc(CC)c32)cc1. The van der Waals surface area contributed by atoms with Crippen molar-refractivity contribution in [3.8, 4) is 5.75 Å². The van der Waals surface area contributed by atoms with Crippen molar-refractivity contribution in [2.24, 2.45) is 0 Å². The first kappa shape index (κ1) is 22.8. The fourth-order valence-corrected chi connectivity index (χ4v) is 4.52. The van der Waals surface area contributed by atoms with Crippen molar-refractivity contribution in [2.45, 2.75) is 57.3 Å². The number of fused-ring (bicyclic) bond motifs is 1. The first-order valence-corrected chi connectivity index (χ1v) is 11.1. The van der Waals surface area contributed by atoms with Crippen LogP contribution in [0.25, 0.3) is 10.9 Å². The van der Waals surface area contributed by atoms with Gasteiger partial charge in [-0.15, -0.1) is 0 Å². The second-order valence-corrected chi connectivity index (χ2v) is 8.21. The topological polar surface area (TPSA) is 104 Å². The Morgan fingerprint density at radius 3 is 2.38 bits per heavy atom. The van der Waals surface area contributed by atoms with Gasteiger partial charge < -0.3 is 34.5 Å². The van der Waals surface area contributed by atoms with Crippen molar-refractivity contribution in [3.63, 3.8) is 0 Å². The van der Waals surface area contributed by atoms with Crippen molar-refractivity contribution in [1.29, 1.82) is 0 Å². The summed E-state index contributed by atoms with van der Waals surface area (Å²) in [6.45, 7) is 4.82. The second-order valence-electron chi connectivity index (χ2n) is 8.21. The highest BCUT2D eigenvalue weighted by atomic mass is 16.5. The van der Waals surface area contributed by atoms with Gasteiger partial charge in [0.25, 0.3) is 0 Å². The summed E-state index contributed by atoms with van der Waals surface area (Å²) in [5.41, 5.74) is 4.01. The molecule has 7 nitrogen and oxygen atoms in total. The van der Waals surface area contributed by atoms with E-state index in [4.69, 9.17) is 9.47 Å². The highest BCUT2D eigenvalue weighted by Crippen LogP contribution is 2.38. The molecule has 1 aromatic heterocycles. The molecule has 1 fully saturated rings. The van der Waals surface area contributed by atoms with Crippen LogP contribution in [0.1, 0.15) is 36.6 Å². The molecule has 0 amide bonds. The number of benzene rings is 2. The number of aryl methyl sites for hydroxylation is 1. The zero-order valence-electron chi connectivity index (χ0n) is 18.4. The highest BCUT2D eigenvalue weighted by molar-refractivity contribution is 5.87. The van der Waals surface area contributed by atoms with Crippen molar-refractivity contribution in [2.75, 3.05) is 13.2 Å². The molecule has 0 bridgehead atoms. The molecule has 32 heavy (non-hydrogen) atoms. The summed E-state index contributed by atoms with van der Waals surface area (Å²) in [5, 5.41) is 41.7. The lowest BCUT2D eigenvalue weighted by molar-refractivity contribution is -0.231. The molecule has 5 atom stereocenters. The van der Waals surface area contributed by atoms with E-state index in [1.807, 2.05) is 49.5 Å². The second kappa shape index (κ2) is 9.60. The molecule has 0 unspecified atom stereocenters. The highest BCUT2D eigenvalue weighted by Gasteiger charge is 2.44. The number of rotatable bonds is 7. The van der Waals surface area contributed by atoms with Crippen molar-refractivity contribution < 1.29 is 29.9 Å². The molecular formula is C25H31NO6. The molecule has 3 aromatic rings. The fourth-order valence-electron chi connectivity index (χ4n) is 4.52. The largest absolute Gasteiger partial charge is 0.494 e. The predicted octanol–water partition coefficient (Wildman–Crippen LogP) is 2.17. The molecule has 0 spiro atoms. The van der Waals surface area contributed by atoms with Gasteiger partial charge in [0.1, 0.15) is 36.3 Å². The van der Waals surface area contributed by atoms with E-state index < -0.39 is 37.1 Å². The Morgan fingerprint density at radius 2 is 1.72 bits per heavy atom. The van der Waals surface area contributed by atoms with Gasteiger partial charge in [-0.25, -0.2) is 0 Å². The van der Waals surface area contributed by atoms with Crippen LogP contribution in [0.3, 0.4) is 0 Å². The Balaban J connectivity index is 1.76. The maximum atomic E-state index is 10.7. The summed E-state index contributed by atoms with van der Waals surface area (Å²) >= 11 is 0. The Kier molecular flexibility index (Phi) is 6.83. The van der Waals surface area contributed by atoms with E-state index in [1.165, 1.54) is 0 Å². The lowest BCUT2D eigenvalue weighted by Crippen LogP contribution is -2.55. The summed E-state index contributed by atoms with van der Waals surface area (Å²) in [5.74, 6) is 0.824. The Hall–Kier alpha value is -2.42. The summed E-state index contributed by atoms with van der Waals surface area (Å²) in [4.78, 5) is 0. The lowest BCUT2D eigenvalue weighted by Gasteiger charge is -2.40. The molecule has 4 N–H and O–H groups in total. The van der Waals surface area contributed by atoms with E-state index in [0.29, 0.717) is 13.2 Å². The van der Waals surface area contributed by atoms with Gasteiger partial charge in [0, 0.05) is 23.7 Å². The van der Waals surface area contributed by atoms with Crippen LogP contribution in [0.15, 0.2) is 48.7 Å². The molecule has 1 aliphatic heterocycles. The molecule has 0 radical (unpaired) electrons. The average Bonchev–Trinajstić information content (AvgIpc) is 3.17. The molecule has 0 aliphatic carbocycles. The van der Waals surface area contributed by atoms with Gasteiger partial charge in [0.05, 0.1) is 18.7 Å². The number of aromatic nitrogens is 1. The third kappa shape index (κ3) is 4.14. The van der Waals surface area contributed by atoms with Crippen LogP contribution >= 0.6 is 0 Å². The zero-order chi connectivity index (χ0) is 22.8. The van der Waals surface area contributed by atoms with Gasteiger partial charge in [0.15, 0.2) is 0 Å². The Bertz CT molecular complexity index is 1040. The number of aliphatic hydroxyl groups excluding tert-OH is 4. The van der Waals surface area contributed by atoms with Gasteiger partial charge in [0.2, 0.25) is 0 Å². The number of hydrogen-bond acceptors (Lipinski definition) is 6. The molecule has 1 aliphatic rings. The summed E-state index contributed by atoms with van der Waals surface area (Å²) in [6.07, 6.45) is -3.16. The predicted molar refractivity (Wildman–Crippen MR) is 121 cm³/mol. The van der Waals surface area contributed by atoms with Crippen LogP contribution in [-0.4, -0.2) is 62.6 Å². The maximum absolute atomic E-state index is 10.7. The van der Waals surface area contributed by atoms with Gasteiger partial charge in [-0.2, -0.15) is 0 Å². The van der Waals surface area contributed by atoms with Crippen LogP contribution in [0, 0.1) is 0 Å². The normalized spacial score (nSPS) is 25.9. The molecule has 2 aromatic carbocycles. The number of para-hydroxylation sites is 1. The first-order valence-electron chi connectivity index (χ1n) is 11.1. The maximum Gasteiger partial charge on any atom is 0.119 e. The van der Waals surface area contributed by atoms with Gasteiger partial charge in [-0.1, -0.05) is 37.3 Å². The molecular weight excluding hydrogens is 410 g/mol. The van der Waals surface area contributed by atoms with Gasteiger partial charge >= 0.3 is 0 Å². The van der Waals surface area contributed by atoms with Crippen LogP contribution < -0.4 is 4.74 Å². The van der Waals surface area contributed by atoms with Gasteiger partial charge in [-0.3, -0.25) is 0 Å². The quantitative estimate of drug-likeness (QED) is 0.448. The van der Waals surface area contributed by atoms with Crippen LogP contribution in [-0.2, 0) is 17.7 Å². The minimum atomic E-state index is -1.41. The van der Waals surface area contributed by atoms with Gasteiger partial charge in [-0.05, 0) is 36.6 Å². The Morgan fingerprint density at radius 1 is 0.969 bits per heavy atom. The number of aliphatic hydroxyl groups is 4. The number of hydrogen-bond donors (Lipinski definition) is 4. The monoisotopic (exact) mass is 441 g/mol. The van der Waals surface area contributed by atoms with E-state index in [0.717, 1.165) is 39.8 Å². The Labute approximate surface area is 187 Å². The van der Waals surface area contributed by atoms with E-state index in [2.05, 4.69) is 17.6 Å². The molecule has 1 saturated heterocycles. The molecule has 0 saturated carbocycles. The average molecular weight is 442 g/mol. The summed E-state index contributed by atoms with van der Waals surface area (Å²) in [6, 6.07) is 14.0. The first-order chi connectivity index (χ1) is 15.5. The van der Waals surface area contributed by atoms with Crippen LogP contribution in [0.2, 0.25) is 0 Å². The van der Waals surface area contributed by atoms with Crippen molar-refractivity contribution in [3.05, 3.63) is 65.4 Å². The molecule has 172 valence electrons. The van der Waals surface area contributed by atoms with Crippen LogP contribution in [0.5, 0.6) is 5.75 Å². The standard InChI is InChI=1S/C25H31NO6/c1-3-16-6-5-7-18-19(25-24(30)23(29)22(28)20(14-27)32-25)13-26(21(16)18)12-15-8-10-17(11-9-15)31-4-2/h5-11,13,20,22-25,27-30H,3-4,12,14H2,1-2H3/t20-,22-,23+,24-,25+/m1/s1. The minimum Gasteiger partial charge on any atom is -0.494 e. The fraction of sp³-hybridized carbons (Fsp3) is 0.440. The van der Waals surface area contributed by atoms with E-state index in [1.54, 1.807) is 0 Å². The van der Waals surface area contributed by atoms with E-state index >= 15 is 0 Å². The zero-order valence-corrected chi connectivity index (χ0v) is 18.4. The lowest BCUT2D eigenvalue weighted by atomic mass is 9.91. The minimum absolute atomic E-state index is 0.452. The summed E-state index contributed by atoms with van der Waals surface area (Å²) in [7, 11) is 0. The third-order valence-corrected chi connectivity index (χ3v) is 6.18. The van der Waals surface area contributed by atoms with E-state index in [-0.39, 0.29) is 0 Å². The molecule has 7 heteroatoms. The summed E-state index contributed by atoms with van der Waals surface area (Å²) < 4.78 is 13.5. The third-order valence-electron chi connectivity index (χ3n) is 6.18. The number of nitrogens with zero attached hydrogens (tertiary/aromatic N) is 1. The van der Waals surface area contributed by atoms with Crippen molar-refractivity contribution in [1.82, 2.24) is 4.57 Å². The number of ether oxygens (including phenoxy) is 2. The molecule has 2 heterocycles. The smallest absolute Gasteiger partial charge is 0.119 e. The molecule has 4 rings (SSSR count). The van der Waals surface area contributed by atoms with Crippen LogP contribution in [0.4, 0.5) is 0 Å².